The van der Waals surface area contributed by atoms with E-state index >= 15 is 0 Å². The molecule has 2 N–H and O–H groups in total. The van der Waals surface area contributed by atoms with Crippen molar-refractivity contribution in [1.29, 1.82) is 0 Å². The van der Waals surface area contributed by atoms with Gasteiger partial charge in [-0.05, 0) is 48.5 Å². The molecular weight excluding hydrogens is 398 g/mol. The van der Waals surface area contributed by atoms with Crippen LogP contribution in [0.3, 0.4) is 0 Å². The molecule has 0 spiro atoms. The maximum atomic E-state index is 12.5. The van der Waals surface area contributed by atoms with Crippen molar-refractivity contribution in [1.82, 2.24) is 0 Å². The molecule has 134 valence electrons. The van der Waals surface area contributed by atoms with Gasteiger partial charge in [0.2, 0.25) is 17.7 Å². The van der Waals surface area contributed by atoms with Crippen molar-refractivity contribution in [2.24, 2.45) is 5.92 Å². The Morgan fingerprint density at radius 3 is 2.15 bits per heavy atom. The summed E-state index contributed by atoms with van der Waals surface area (Å²) in [6.45, 7) is 1.79. The van der Waals surface area contributed by atoms with Crippen molar-refractivity contribution < 1.29 is 14.4 Å². The highest BCUT2D eigenvalue weighted by atomic mass is 79.9. The number of carbonyl (C=O) groups is 3. The monoisotopic (exact) mass is 415 g/mol. The first-order valence-electron chi connectivity index (χ1n) is 8.17. The molecule has 6 nitrogen and oxygen atoms in total. The van der Waals surface area contributed by atoms with Crippen molar-refractivity contribution in [2.75, 3.05) is 22.1 Å². The Morgan fingerprint density at radius 2 is 1.58 bits per heavy atom. The predicted molar refractivity (Wildman–Crippen MR) is 104 cm³/mol. The smallest absolute Gasteiger partial charge is 0.229 e. The molecule has 2 aromatic carbocycles. The third-order valence-corrected chi connectivity index (χ3v) is 4.64. The number of hydrogen-bond donors (Lipinski definition) is 2. The van der Waals surface area contributed by atoms with Gasteiger partial charge in [-0.2, -0.15) is 0 Å². The number of nitrogens with zero attached hydrogens (tertiary/aromatic N) is 1. The second-order valence-electron chi connectivity index (χ2n) is 6.13. The normalized spacial score (nSPS) is 16.5. The lowest BCUT2D eigenvalue weighted by atomic mass is 10.1. The Bertz CT molecular complexity index is 834. The van der Waals surface area contributed by atoms with Crippen LogP contribution in [0.25, 0.3) is 0 Å². The van der Waals surface area contributed by atoms with Gasteiger partial charge in [0.25, 0.3) is 0 Å². The molecule has 26 heavy (non-hydrogen) atoms. The third kappa shape index (κ3) is 4.29. The second-order valence-corrected chi connectivity index (χ2v) is 7.05. The van der Waals surface area contributed by atoms with Gasteiger partial charge < -0.3 is 15.5 Å². The highest BCUT2D eigenvalue weighted by molar-refractivity contribution is 9.10. The molecule has 0 unspecified atom stereocenters. The third-order valence-electron chi connectivity index (χ3n) is 4.11. The number of nitrogens with one attached hydrogen (secondary N) is 2. The van der Waals surface area contributed by atoms with Crippen molar-refractivity contribution in [2.45, 2.75) is 13.3 Å². The number of anilines is 3. The summed E-state index contributed by atoms with van der Waals surface area (Å²) in [5.74, 6) is -0.806. The summed E-state index contributed by atoms with van der Waals surface area (Å²) in [6.07, 6.45) is 0.186. The van der Waals surface area contributed by atoms with Gasteiger partial charge in [0.15, 0.2) is 0 Å². The van der Waals surface area contributed by atoms with E-state index in [1.807, 2.05) is 24.3 Å². The maximum absolute atomic E-state index is 12.5. The summed E-state index contributed by atoms with van der Waals surface area (Å²) in [5, 5.41) is 5.50. The van der Waals surface area contributed by atoms with Crippen LogP contribution in [-0.2, 0) is 14.4 Å². The summed E-state index contributed by atoms with van der Waals surface area (Å²) in [5.41, 5.74) is 2.07. The fourth-order valence-corrected chi connectivity index (χ4v) is 3.10. The minimum Gasteiger partial charge on any atom is -0.326 e. The summed E-state index contributed by atoms with van der Waals surface area (Å²) in [4.78, 5) is 37.4. The standard InChI is InChI=1S/C19H18BrN3O3/c1-12(24)21-15-4-6-16(7-5-15)22-19(26)13-10-18(25)23(11-13)17-8-2-14(20)3-9-17/h2-9,13H,10-11H2,1H3,(H,21,24)(H,22,26)/t13-/m0/s1. The van der Waals surface area contributed by atoms with Crippen LogP contribution in [0.4, 0.5) is 17.1 Å². The molecular formula is C19H18BrN3O3. The molecule has 0 bridgehead atoms. The Balaban J connectivity index is 1.62. The molecule has 1 aliphatic rings. The average molecular weight is 416 g/mol. The van der Waals surface area contributed by atoms with Crippen LogP contribution in [0.5, 0.6) is 0 Å². The van der Waals surface area contributed by atoms with Gasteiger partial charge in [-0.3, -0.25) is 14.4 Å². The van der Waals surface area contributed by atoms with E-state index in [0.29, 0.717) is 17.9 Å². The topological polar surface area (TPSA) is 78.5 Å². The van der Waals surface area contributed by atoms with Crippen LogP contribution in [0.2, 0.25) is 0 Å². The number of benzene rings is 2. The van der Waals surface area contributed by atoms with E-state index in [1.54, 1.807) is 29.2 Å². The highest BCUT2D eigenvalue weighted by Crippen LogP contribution is 2.27. The molecule has 0 saturated carbocycles. The van der Waals surface area contributed by atoms with Crippen LogP contribution in [0, 0.1) is 5.92 Å². The van der Waals surface area contributed by atoms with Crippen LogP contribution >= 0.6 is 15.9 Å². The summed E-state index contributed by atoms with van der Waals surface area (Å²) < 4.78 is 0.935. The zero-order valence-corrected chi connectivity index (χ0v) is 15.7. The minimum atomic E-state index is -0.402. The van der Waals surface area contributed by atoms with Crippen molar-refractivity contribution >= 4 is 50.7 Å². The fourth-order valence-electron chi connectivity index (χ4n) is 2.84. The van der Waals surface area contributed by atoms with Gasteiger partial charge in [0.05, 0.1) is 5.92 Å². The Morgan fingerprint density at radius 1 is 1.00 bits per heavy atom. The number of halogens is 1. The first-order valence-corrected chi connectivity index (χ1v) is 8.96. The van der Waals surface area contributed by atoms with Crippen molar-refractivity contribution in [3.8, 4) is 0 Å². The molecule has 1 heterocycles. The fraction of sp³-hybridized carbons (Fsp3) is 0.211. The van der Waals surface area contributed by atoms with E-state index in [9.17, 15) is 14.4 Å². The molecule has 3 rings (SSSR count). The van der Waals surface area contributed by atoms with Crippen LogP contribution in [0.1, 0.15) is 13.3 Å². The number of carbonyl (C=O) groups excluding carboxylic acids is 3. The highest BCUT2D eigenvalue weighted by Gasteiger charge is 2.35. The van der Waals surface area contributed by atoms with E-state index in [4.69, 9.17) is 0 Å². The zero-order chi connectivity index (χ0) is 18.7. The van der Waals surface area contributed by atoms with Gasteiger partial charge >= 0.3 is 0 Å². The first-order chi connectivity index (χ1) is 12.4. The molecule has 0 aliphatic carbocycles. The average Bonchev–Trinajstić information content (AvgIpc) is 2.99. The van der Waals surface area contributed by atoms with Gasteiger partial charge in [0, 0.05) is 41.4 Å². The van der Waals surface area contributed by atoms with Crippen molar-refractivity contribution in [3.63, 3.8) is 0 Å². The molecule has 0 radical (unpaired) electrons. The zero-order valence-electron chi connectivity index (χ0n) is 14.2. The van der Waals surface area contributed by atoms with Gasteiger partial charge in [0.1, 0.15) is 0 Å². The van der Waals surface area contributed by atoms with E-state index < -0.39 is 5.92 Å². The van der Waals surface area contributed by atoms with E-state index in [-0.39, 0.29) is 24.1 Å². The Kier molecular flexibility index (Phi) is 5.37. The van der Waals surface area contributed by atoms with E-state index in [0.717, 1.165) is 10.2 Å². The molecule has 2 aromatic rings. The van der Waals surface area contributed by atoms with E-state index in [2.05, 4.69) is 26.6 Å². The lowest BCUT2D eigenvalue weighted by Gasteiger charge is -2.17. The Labute approximate surface area is 159 Å². The molecule has 1 atom stereocenters. The lowest BCUT2D eigenvalue weighted by Crippen LogP contribution is -2.28. The van der Waals surface area contributed by atoms with Crippen LogP contribution in [0.15, 0.2) is 53.0 Å². The molecule has 7 heteroatoms. The quantitative estimate of drug-likeness (QED) is 0.802. The summed E-state index contributed by atoms with van der Waals surface area (Å²) >= 11 is 3.37. The van der Waals surface area contributed by atoms with Crippen LogP contribution < -0.4 is 15.5 Å². The summed E-state index contributed by atoms with van der Waals surface area (Å²) in [7, 11) is 0. The van der Waals surface area contributed by atoms with Crippen molar-refractivity contribution in [3.05, 3.63) is 53.0 Å². The maximum Gasteiger partial charge on any atom is 0.229 e. The first kappa shape index (κ1) is 18.1. The number of hydrogen-bond acceptors (Lipinski definition) is 3. The van der Waals surface area contributed by atoms with Gasteiger partial charge in [-0.25, -0.2) is 0 Å². The predicted octanol–water partition coefficient (Wildman–Crippen LogP) is 3.40. The van der Waals surface area contributed by atoms with Gasteiger partial charge in [-0.1, -0.05) is 15.9 Å². The molecule has 3 amide bonds. The summed E-state index contributed by atoms with van der Waals surface area (Å²) in [6, 6.07) is 14.3. The number of amides is 3. The van der Waals surface area contributed by atoms with Crippen LogP contribution in [-0.4, -0.2) is 24.3 Å². The number of rotatable bonds is 4. The van der Waals surface area contributed by atoms with E-state index in [1.165, 1.54) is 6.92 Å². The molecule has 1 aliphatic heterocycles. The minimum absolute atomic E-state index is 0.0616. The Hall–Kier alpha value is -2.67. The largest absolute Gasteiger partial charge is 0.326 e. The molecule has 1 fully saturated rings. The van der Waals surface area contributed by atoms with Gasteiger partial charge in [-0.15, -0.1) is 0 Å². The molecule has 1 saturated heterocycles. The SMILES string of the molecule is CC(=O)Nc1ccc(NC(=O)[C@H]2CC(=O)N(c3ccc(Br)cc3)C2)cc1. The second kappa shape index (κ2) is 7.70. The lowest BCUT2D eigenvalue weighted by molar-refractivity contribution is -0.122. The molecule has 0 aromatic heterocycles.